The minimum Gasteiger partial charge on any atom is -0.465 e. The first kappa shape index (κ1) is 7.66. The van der Waals surface area contributed by atoms with Crippen molar-refractivity contribution in [3.8, 4) is 0 Å². The van der Waals surface area contributed by atoms with Crippen molar-refractivity contribution >= 4 is 0 Å². The summed E-state index contributed by atoms with van der Waals surface area (Å²) in [7, 11) is 0. The first-order valence-electron chi connectivity index (χ1n) is 4.66. The molecule has 12 heavy (non-hydrogen) atoms. The van der Waals surface area contributed by atoms with E-state index in [0.717, 1.165) is 0 Å². The molecule has 0 bridgehead atoms. The van der Waals surface area contributed by atoms with Crippen LogP contribution in [0.1, 0.15) is 32.6 Å². The molecule has 64 valence electrons. The Morgan fingerprint density at radius 2 is 2.33 bits per heavy atom. The second-order valence-corrected chi connectivity index (χ2v) is 3.32. The third-order valence-electron chi connectivity index (χ3n) is 2.42. The Bertz CT molecular complexity index is 269. The number of hydrogen-bond acceptors (Lipinski definition) is 1. The Labute approximate surface area is 73.4 Å². The van der Waals surface area contributed by atoms with Crippen molar-refractivity contribution in [1.29, 1.82) is 0 Å². The van der Waals surface area contributed by atoms with E-state index in [9.17, 15) is 0 Å². The zero-order valence-electron chi connectivity index (χ0n) is 7.47. The third-order valence-corrected chi connectivity index (χ3v) is 2.42. The van der Waals surface area contributed by atoms with E-state index in [1.807, 2.05) is 6.08 Å². The summed E-state index contributed by atoms with van der Waals surface area (Å²) in [5, 5.41) is 0. The lowest BCUT2D eigenvalue weighted by Gasteiger charge is -2.09. The maximum atomic E-state index is 5.50. The molecule has 1 aliphatic carbocycles. The minimum absolute atomic E-state index is 1.17. The van der Waals surface area contributed by atoms with Gasteiger partial charge in [-0.15, -0.1) is 0 Å². The van der Waals surface area contributed by atoms with Gasteiger partial charge in [-0.05, 0) is 36.5 Å². The quantitative estimate of drug-likeness (QED) is 0.605. The SMILES string of the molecule is CCCC1=C2OC=CC=C2CC1. The molecule has 0 aromatic rings. The van der Waals surface area contributed by atoms with Crippen LogP contribution in [0.3, 0.4) is 0 Å². The normalized spacial score (nSPS) is 20.6. The summed E-state index contributed by atoms with van der Waals surface area (Å²) in [6.07, 6.45) is 10.7. The first-order chi connectivity index (χ1) is 5.92. The van der Waals surface area contributed by atoms with Gasteiger partial charge in [-0.1, -0.05) is 19.4 Å². The van der Waals surface area contributed by atoms with E-state index in [-0.39, 0.29) is 0 Å². The van der Waals surface area contributed by atoms with E-state index in [2.05, 4.69) is 13.0 Å². The summed E-state index contributed by atoms with van der Waals surface area (Å²) in [5.74, 6) is 1.17. The molecular formula is C11H14O. The highest BCUT2D eigenvalue weighted by molar-refractivity contribution is 5.41. The molecule has 2 aliphatic rings. The maximum Gasteiger partial charge on any atom is 0.128 e. The predicted molar refractivity (Wildman–Crippen MR) is 49.5 cm³/mol. The van der Waals surface area contributed by atoms with Crippen molar-refractivity contribution in [2.24, 2.45) is 0 Å². The summed E-state index contributed by atoms with van der Waals surface area (Å²) in [5.41, 5.74) is 2.90. The van der Waals surface area contributed by atoms with Crippen LogP contribution in [0.5, 0.6) is 0 Å². The second kappa shape index (κ2) is 3.18. The van der Waals surface area contributed by atoms with Crippen molar-refractivity contribution in [1.82, 2.24) is 0 Å². The van der Waals surface area contributed by atoms with Gasteiger partial charge in [0.25, 0.3) is 0 Å². The van der Waals surface area contributed by atoms with Crippen LogP contribution in [0.2, 0.25) is 0 Å². The predicted octanol–water partition coefficient (Wildman–Crippen LogP) is 3.30. The highest BCUT2D eigenvalue weighted by Gasteiger charge is 2.20. The molecule has 0 atom stereocenters. The highest BCUT2D eigenvalue weighted by Crippen LogP contribution is 2.36. The van der Waals surface area contributed by atoms with Crippen molar-refractivity contribution in [2.45, 2.75) is 32.6 Å². The smallest absolute Gasteiger partial charge is 0.128 e. The van der Waals surface area contributed by atoms with Crippen LogP contribution in [-0.2, 0) is 4.74 Å². The van der Waals surface area contributed by atoms with Crippen LogP contribution in [0.15, 0.2) is 35.3 Å². The average Bonchev–Trinajstić information content (AvgIpc) is 2.50. The maximum absolute atomic E-state index is 5.50. The molecular weight excluding hydrogens is 148 g/mol. The van der Waals surface area contributed by atoms with Crippen molar-refractivity contribution in [3.63, 3.8) is 0 Å². The summed E-state index contributed by atoms with van der Waals surface area (Å²) < 4.78 is 5.50. The van der Waals surface area contributed by atoms with Crippen LogP contribution in [0.25, 0.3) is 0 Å². The summed E-state index contributed by atoms with van der Waals surface area (Å²) in [6, 6.07) is 0. The average molecular weight is 162 g/mol. The number of allylic oxidation sites excluding steroid dienone is 4. The van der Waals surface area contributed by atoms with E-state index < -0.39 is 0 Å². The molecule has 0 aromatic heterocycles. The van der Waals surface area contributed by atoms with Gasteiger partial charge in [0.15, 0.2) is 0 Å². The molecule has 0 aromatic carbocycles. The molecule has 0 spiro atoms. The van der Waals surface area contributed by atoms with Gasteiger partial charge in [0.2, 0.25) is 0 Å². The van der Waals surface area contributed by atoms with Crippen LogP contribution >= 0.6 is 0 Å². The molecule has 1 aliphatic heterocycles. The van der Waals surface area contributed by atoms with Crippen LogP contribution in [0, 0.1) is 0 Å². The van der Waals surface area contributed by atoms with Crippen LogP contribution < -0.4 is 0 Å². The fourth-order valence-electron chi connectivity index (χ4n) is 1.86. The largest absolute Gasteiger partial charge is 0.465 e. The fraction of sp³-hybridized carbons (Fsp3) is 0.455. The second-order valence-electron chi connectivity index (χ2n) is 3.32. The molecule has 2 rings (SSSR count). The Hall–Kier alpha value is -0.980. The van der Waals surface area contributed by atoms with E-state index in [1.54, 1.807) is 6.26 Å². The summed E-state index contributed by atoms with van der Waals surface area (Å²) in [4.78, 5) is 0. The molecule has 0 saturated heterocycles. The monoisotopic (exact) mass is 162 g/mol. The number of fused-ring (bicyclic) bond motifs is 1. The van der Waals surface area contributed by atoms with Crippen molar-refractivity contribution in [2.75, 3.05) is 0 Å². The first-order valence-corrected chi connectivity index (χ1v) is 4.66. The van der Waals surface area contributed by atoms with Gasteiger partial charge in [0.05, 0.1) is 6.26 Å². The van der Waals surface area contributed by atoms with Gasteiger partial charge in [0, 0.05) is 0 Å². The van der Waals surface area contributed by atoms with E-state index in [4.69, 9.17) is 4.74 Å². The molecule has 1 heteroatoms. The van der Waals surface area contributed by atoms with Gasteiger partial charge in [-0.25, -0.2) is 0 Å². The van der Waals surface area contributed by atoms with Crippen LogP contribution in [-0.4, -0.2) is 0 Å². The third kappa shape index (κ3) is 1.20. The highest BCUT2D eigenvalue weighted by atomic mass is 16.5. The van der Waals surface area contributed by atoms with Gasteiger partial charge in [-0.2, -0.15) is 0 Å². The molecule has 0 radical (unpaired) electrons. The molecule has 0 N–H and O–H groups in total. The Morgan fingerprint density at radius 3 is 3.17 bits per heavy atom. The Morgan fingerprint density at radius 1 is 1.42 bits per heavy atom. The standard InChI is InChI=1S/C11H14O/c1-2-4-9-6-7-10-5-3-8-12-11(9)10/h3,5,8H,2,4,6-7H2,1H3. The number of hydrogen-bond donors (Lipinski definition) is 0. The lowest BCUT2D eigenvalue weighted by atomic mass is 10.1. The lowest BCUT2D eigenvalue weighted by molar-refractivity contribution is 0.354. The van der Waals surface area contributed by atoms with Crippen molar-refractivity contribution < 1.29 is 4.74 Å². The molecule has 0 saturated carbocycles. The van der Waals surface area contributed by atoms with E-state index in [0.29, 0.717) is 0 Å². The molecule has 0 fully saturated rings. The molecule has 1 nitrogen and oxygen atoms in total. The topological polar surface area (TPSA) is 9.23 Å². The summed E-state index contributed by atoms with van der Waals surface area (Å²) in [6.45, 7) is 2.22. The van der Waals surface area contributed by atoms with Gasteiger partial charge in [0.1, 0.15) is 5.76 Å². The Kier molecular flexibility index (Phi) is 2.03. The van der Waals surface area contributed by atoms with E-state index >= 15 is 0 Å². The minimum atomic E-state index is 1.17. The van der Waals surface area contributed by atoms with Crippen molar-refractivity contribution in [3.05, 3.63) is 35.3 Å². The number of ether oxygens (including phenoxy) is 1. The summed E-state index contributed by atoms with van der Waals surface area (Å²) >= 11 is 0. The Balaban J connectivity index is 2.23. The fourth-order valence-corrected chi connectivity index (χ4v) is 1.86. The zero-order chi connectivity index (χ0) is 8.39. The molecule has 1 heterocycles. The zero-order valence-corrected chi connectivity index (χ0v) is 7.47. The number of rotatable bonds is 2. The lowest BCUT2D eigenvalue weighted by Crippen LogP contribution is -1.92. The van der Waals surface area contributed by atoms with Gasteiger partial charge >= 0.3 is 0 Å². The van der Waals surface area contributed by atoms with Gasteiger partial charge in [-0.3, -0.25) is 0 Å². The molecule has 0 unspecified atom stereocenters. The van der Waals surface area contributed by atoms with E-state index in [1.165, 1.54) is 42.6 Å². The van der Waals surface area contributed by atoms with Gasteiger partial charge < -0.3 is 4.74 Å². The molecule has 0 amide bonds. The van der Waals surface area contributed by atoms with Crippen LogP contribution in [0.4, 0.5) is 0 Å².